The van der Waals surface area contributed by atoms with Crippen LogP contribution in [0.5, 0.6) is 5.75 Å². The lowest BCUT2D eigenvalue weighted by Crippen LogP contribution is -2.41. The van der Waals surface area contributed by atoms with Crippen LogP contribution in [0.15, 0.2) is 48.5 Å². The second kappa shape index (κ2) is 8.69. The molecule has 2 aromatic carbocycles. The summed E-state index contributed by atoms with van der Waals surface area (Å²) >= 11 is 5.90. The molecule has 0 heterocycles. The largest absolute Gasteiger partial charge is 0.479 e. The molecule has 0 aliphatic carbocycles. The number of nitrogens with one attached hydrogen (secondary N) is 1. The van der Waals surface area contributed by atoms with Crippen molar-refractivity contribution in [3.63, 3.8) is 0 Å². The summed E-state index contributed by atoms with van der Waals surface area (Å²) in [5.41, 5.74) is 1.24. The molecule has 0 aromatic heterocycles. The van der Waals surface area contributed by atoms with Gasteiger partial charge in [0.15, 0.2) is 6.10 Å². The second-order valence-corrected chi connectivity index (χ2v) is 6.18. The van der Waals surface area contributed by atoms with E-state index in [0.29, 0.717) is 0 Å². The van der Waals surface area contributed by atoms with Crippen molar-refractivity contribution >= 4 is 17.5 Å². The van der Waals surface area contributed by atoms with Gasteiger partial charge in [0.2, 0.25) is 0 Å². The van der Waals surface area contributed by atoms with Crippen LogP contribution >= 0.6 is 11.6 Å². The SMILES string of the molecule is CC(CCc1ccccc1)NC(=O)C(C)Oc1ccc(F)cc1Cl. The average molecular weight is 350 g/mol. The molecule has 128 valence electrons. The molecule has 0 aliphatic heterocycles. The Bertz CT molecular complexity index is 678. The maximum Gasteiger partial charge on any atom is 0.260 e. The quantitative estimate of drug-likeness (QED) is 0.805. The van der Waals surface area contributed by atoms with Crippen LogP contribution < -0.4 is 10.1 Å². The van der Waals surface area contributed by atoms with Gasteiger partial charge in [-0.3, -0.25) is 4.79 Å². The van der Waals surface area contributed by atoms with E-state index in [1.54, 1.807) is 6.92 Å². The van der Waals surface area contributed by atoms with E-state index in [2.05, 4.69) is 17.4 Å². The van der Waals surface area contributed by atoms with Gasteiger partial charge in [-0.05, 0) is 50.5 Å². The zero-order chi connectivity index (χ0) is 17.5. The minimum Gasteiger partial charge on any atom is -0.479 e. The van der Waals surface area contributed by atoms with Gasteiger partial charge in [-0.15, -0.1) is 0 Å². The number of carbonyl (C=O) groups is 1. The second-order valence-electron chi connectivity index (χ2n) is 5.77. The van der Waals surface area contributed by atoms with Crippen molar-refractivity contribution in [1.29, 1.82) is 0 Å². The van der Waals surface area contributed by atoms with E-state index in [-0.39, 0.29) is 22.7 Å². The van der Waals surface area contributed by atoms with Gasteiger partial charge in [-0.25, -0.2) is 4.39 Å². The van der Waals surface area contributed by atoms with E-state index < -0.39 is 11.9 Å². The summed E-state index contributed by atoms with van der Waals surface area (Å²) in [4.78, 5) is 12.2. The molecule has 0 radical (unpaired) electrons. The van der Waals surface area contributed by atoms with Crippen LogP contribution in [0.25, 0.3) is 0 Å². The van der Waals surface area contributed by atoms with Crippen LogP contribution in [-0.2, 0) is 11.2 Å². The first-order valence-electron chi connectivity index (χ1n) is 7.91. The highest BCUT2D eigenvalue weighted by atomic mass is 35.5. The van der Waals surface area contributed by atoms with E-state index in [4.69, 9.17) is 16.3 Å². The normalized spacial score (nSPS) is 13.2. The highest BCUT2D eigenvalue weighted by molar-refractivity contribution is 6.32. The van der Waals surface area contributed by atoms with E-state index >= 15 is 0 Å². The molecule has 0 saturated heterocycles. The first-order chi connectivity index (χ1) is 11.5. The van der Waals surface area contributed by atoms with E-state index in [1.165, 1.54) is 17.7 Å². The molecule has 2 unspecified atom stereocenters. The third kappa shape index (κ3) is 5.53. The summed E-state index contributed by atoms with van der Waals surface area (Å²) in [6.07, 6.45) is 1.01. The van der Waals surface area contributed by atoms with Crippen molar-refractivity contribution < 1.29 is 13.9 Å². The third-order valence-electron chi connectivity index (χ3n) is 3.66. The molecular weight excluding hydrogens is 329 g/mol. The molecule has 5 heteroatoms. The topological polar surface area (TPSA) is 38.3 Å². The number of benzene rings is 2. The Labute approximate surface area is 146 Å². The molecule has 1 N–H and O–H groups in total. The Kier molecular flexibility index (Phi) is 6.62. The fourth-order valence-corrected chi connectivity index (χ4v) is 2.49. The Balaban J connectivity index is 1.82. The Morgan fingerprint density at radius 1 is 1.21 bits per heavy atom. The zero-order valence-corrected chi connectivity index (χ0v) is 14.5. The minimum absolute atomic E-state index is 0.0208. The number of hydrogen-bond donors (Lipinski definition) is 1. The fraction of sp³-hybridized carbons (Fsp3) is 0.316. The standard InChI is InChI=1S/C19H21ClFNO2/c1-13(8-9-15-6-4-3-5-7-15)22-19(23)14(2)24-18-11-10-16(21)12-17(18)20/h3-7,10-14H,8-9H2,1-2H3,(H,22,23). The van der Waals surface area contributed by atoms with Crippen molar-refractivity contribution in [2.24, 2.45) is 0 Å². The Morgan fingerprint density at radius 2 is 1.92 bits per heavy atom. The molecule has 1 amide bonds. The number of rotatable bonds is 7. The van der Waals surface area contributed by atoms with Gasteiger partial charge in [0.25, 0.3) is 5.91 Å². The molecule has 2 atom stereocenters. The summed E-state index contributed by atoms with van der Waals surface area (Å²) in [6, 6.07) is 14.0. The summed E-state index contributed by atoms with van der Waals surface area (Å²) in [6.45, 7) is 3.59. The zero-order valence-electron chi connectivity index (χ0n) is 13.8. The number of halogens is 2. The van der Waals surface area contributed by atoms with Gasteiger partial charge < -0.3 is 10.1 Å². The monoisotopic (exact) mass is 349 g/mol. The Morgan fingerprint density at radius 3 is 2.58 bits per heavy atom. The summed E-state index contributed by atoms with van der Waals surface area (Å²) in [7, 11) is 0. The molecule has 0 spiro atoms. The van der Waals surface area contributed by atoms with Crippen LogP contribution in [0.2, 0.25) is 5.02 Å². The predicted octanol–water partition coefficient (Wildman–Crippen LogP) is 4.38. The minimum atomic E-state index is -0.716. The third-order valence-corrected chi connectivity index (χ3v) is 3.96. The van der Waals surface area contributed by atoms with Crippen molar-refractivity contribution in [1.82, 2.24) is 5.32 Å². The van der Waals surface area contributed by atoms with Crippen molar-refractivity contribution in [3.05, 3.63) is 64.9 Å². The molecule has 2 aromatic rings. The molecule has 3 nitrogen and oxygen atoms in total. The van der Waals surface area contributed by atoms with Crippen LogP contribution in [0, 0.1) is 5.82 Å². The lowest BCUT2D eigenvalue weighted by atomic mass is 10.1. The maximum absolute atomic E-state index is 13.0. The smallest absolute Gasteiger partial charge is 0.260 e. The first-order valence-corrected chi connectivity index (χ1v) is 8.29. The van der Waals surface area contributed by atoms with Crippen LogP contribution in [0.3, 0.4) is 0 Å². The highest BCUT2D eigenvalue weighted by Gasteiger charge is 2.18. The van der Waals surface area contributed by atoms with Gasteiger partial charge in [-0.2, -0.15) is 0 Å². The first kappa shape index (κ1) is 18.3. The lowest BCUT2D eigenvalue weighted by Gasteiger charge is -2.19. The van der Waals surface area contributed by atoms with Gasteiger partial charge in [0.1, 0.15) is 11.6 Å². The van der Waals surface area contributed by atoms with Crippen molar-refractivity contribution in [2.45, 2.75) is 38.8 Å². The summed E-state index contributed by atoms with van der Waals surface area (Å²) in [5.74, 6) is -0.382. The average Bonchev–Trinajstić information content (AvgIpc) is 2.56. The molecule has 0 fully saturated rings. The summed E-state index contributed by atoms with van der Waals surface area (Å²) in [5, 5.41) is 3.07. The van der Waals surface area contributed by atoms with Crippen molar-refractivity contribution in [2.75, 3.05) is 0 Å². The Hall–Kier alpha value is -2.07. The van der Waals surface area contributed by atoms with Gasteiger partial charge in [0, 0.05) is 6.04 Å². The number of hydrogen-bond acceptors (Lipinski definition) is 2. The number of ether oxygens (including phenoxy) is 1. The molecular formula is C19H21ClFNO2. The lowest BCUT2D eigenvalue weighted by molar-refractivity contribution is -0.127. The van der Waals surface area contributed by atoms with E-state index in [9.17, 15) is 9.18 Å². The molecule has 0 aliphatic rings. The summed E-state index contributed by atoms with van der Waals surface area (Å²) < 4.78 is 18.5. The van der Waals surface area contributed by atoms with Gasteiger partial charge in [-0.1, -0.05) is 41.9 Å². The number of carbonyl (C=O) groups excluding carboxylic acids is 1. The fourth-order valence-electron chi connectivity index (χ4n) is 2.27. The van der Waals surface area contributed by atoms with E-state index in [1.807, 2.05) is 25.1 Å². The van der Waals surface area contributed by atoms with Gasteiger partial charge in [0.05, 0.1) is 5.02 Å². The molecule has 0 saturated carbocycles. The highest BCUT2D eigenvalue weighted by Crippen LogP contribution is 2.25. The van der Waals surface area contributed by atoms with Gasteiger partial charge >= 0.3 is 0 Å². The molecule has 2 rings (SSSR count). The van der Waals surface area contributed by atoms with E-state index in [0.717, 1.165) is 18.9 Å². The number of aryl methyl sites for hydroxylation is 1. The predicted molar refractivity (Wildman–Crippen MR) is 93.9 cm³/mol. The molecule has 24 heavy (non-hydrogen) atoms. The van der Waals surface area contributed by atoms with Crippen LogP contribution in [0.1, 0.15) is 25.8 Å². The van der Waals surface area contributed by atoms with Crippen LogP contribution in [-0.4, -0.2) is 18.1 Å². The molecule has 0 bridgehead atoms. The number of amides is 1. The maximum atomic E-state index is 13.0. The van der Waals surface area contributed by atoms with Crippen LogP contribution in [0.4, 0.5) is 4.39 Å². The van der Waals surface area contributed by atoms with Crippen molar-refractivity contribution in [3.8, 4) is 5.75 Å².